The summed E-state index contributed by atoms with van der Waals surface area (Å²) in [6.45, 7) is 0. The fraction of sp³-hybridized carbons (Fsp3) is 0. The fourth-order valence-corrected chi connectivity index (χ4v) is 5.55. The smallest absolute Gasteiger partial charge is 0.164 e. The lowest BCUT2D eigenvalue weighted by Gasteiger charge is -2.10. The first kappa shape index (κ1) is 32.3. The molecule has 0 fully saturated rings. The Bertz CT molecular complexity index is 2200. The molecular weight excluding hydrogens is 664 g/mol. The molecule has 2 heterocycles. The number of rotatable bonds is 7. The molecule has 8 rings (SSSR count). The van der Waals surface area contributed by atoms with Crippen molar-refractivity contribution < 1.29 is 17.6 Å². The van der Waals surface area contributed by atoms with Gasteiger partial charge in [0.05, 0.1) is 0 Å². The number of hydrogen-bond acceptors (Lipinski definition) is 6. The van der Waals surface area contributed by atoms with Crippen molar-refractivity contribution >= 4 is 0 Å². The third-order valence-electron chi connectivity index (χ3n) is 8.30. The second-order valence-electron chi connectivity index (χ2n) is 11.8. The molecule has 6 aromatic carbocycles. The summed E-state index contributed by atoms with van der Waals surface area (Å²) >= 11 is 0. The first-order valence-electron chi connectivity index (χ1n) is 16.1. The number of benzene rings is 6. The highest BCUT2D eigenvalue weighted by molar-refractivity contribution is 5.73. The van der Waals surface area contributed by atoms with Crippen LogP contribution in [0.4, 0.5) is 17.6 Å². The zero-order valence-corrected chi connectivity index (χ0v) is 27.1. The van der Waals surface area contributed by atoms with Crippen LogP contribution in [0.2, 0.25) is 0 Å². The average molecular weight is 689 g/mol. The molecule has 0 spiro atoms. The van der Waals surface area contributed by atoms with E-state index in [1.165, 1.54) is 48.5 Å². The summed E-state index contributed by atoms with van der Waals surface area (Å²) in [6, 6.07) is 38.9. The van der Waals surface area contributed by atoms with Crippen molar-refractivity contribution in [2.75, 3.05) is 0 Å². The van der Waals surface area contributed by atoms with Gasteiger partial charge in [-0.1, -0.05) is 48.5 Å². The second-order valence-corrected chi connectivity index (χ2v) is 11.8. The molecule has 0 aliphatic carbocycles. The number of hydrogen-bond donors (Lipinski definition) is 0. The van der Waals surface area contributed by atoms with Gasteiger partial charge in [0.1, 0.15) is 23.3 Å². The van der Waals surface area contributed by atoms with Gasteiger partial charge in [-0.2, -0.15) is 0 Å². The Labute approximate surface area is 295 Å². The van der Waals surface area contributed by atoms with E-state index in [0.717, 1.165) is 22.3 Å². The van der Waals surface area contributed by atoms with Gasteiger partial charge in [0.15, 0.2) is 34.9 Å². The molecule has 0 radical (unpaired) electrons. The molecule has 0 aliphatic heterocycles. The Balaban J connectivity index is 1.11. The molecule has 0 atom stereocenters. The van der Waals surface area contributed by atoms with Crippen LogP contribution in [0.3, 0.4) is 0 Å². The third kappa shape index (κ3) is 6.90. The molecule has 0 unspecified atom stereocenters. The van der Waals surface area contributed by atoms with Crippen molar-refractivity contribution in [2.24, 2.45) is 0 Å². The van der Waals surface area contributed by atoms with Crippen molar-refractivity contribution in [3.8, 4) is 79.5 Å². The van der Waals surface area contributed by atoms with Crippen molar-refractivity contribution in [3.05, 3.63) is 169 Å². The van der Waals surface area contributed by atoms with Crippen LogP contribution in [0, 0.1) is 23.3 Å². The van der Waals surface area contributed by atoms with Crippen molar-refractivity contribution in [1.82, 2.24) is 29.9 Å². The molecule has 0 amide bonds. The normalized spacial score (nSPS) is 11.1. The van der Waals surface area contributed by atoms with Crippen LogP contribution < -0.4 is 0 Å². The lowest BCUT2D eigenvalue weighted by Crippen LogP contribution is -2.00. The first-order chi connectivity index (χ1) is 25.3. The van der Waals surface area contributed by atoms with Gasteiger partial charge in [0.25, 0.3) is 0 Å². The van der Waals surface area contributed by atoms with Gasteiger partial charge in [-0.05, 0) is 108 Å². The molecule has 6 nitrogen and oxygen atoms in total. The van der Waals surface area contributed by atoms with Crippen LogP contribution in [0.15, 0.2) is 146 Å². The van der Waals surface area contributed by atoms with Crippen LogP contribution in [0.25, 0.3) is 79.5 Å². The van der Waals surface area contributed by atoms with E-state index >= 15 is 0 Å². The van der Waals surface area contributed by atoms with Crippen molar-refractivity contribution in [1.29, 1.82) is 0 Å². The van der Waals surface area contributed by atoms with Gasteiger partial charge in [0, 0.05) is 33.4 Å². The predicted octanol–water partition coefficient (Wildman–Crippen LogP) is 10.3. The molecular formula is C42H24F4N6. The van der Waals surface area contributed by atoms with Crippen molar-refractivity contribution in [2.45, 2.75) is 0 Å². The summed E-state index contributed by atoms with van der Waals surface area (Å²) in [5, 5.41) is 0. The molecule has 52 heavy (non-hydrogen) atoms. The largest absolute Gasteiger partial charge is 0.208 e. The summed E-state index contributed by atoms with van der Waals surface area (Å²) < 4.78 is 54.7. The quantitative estimate of drug-likeness (QED) is 0.155. The molecule has 250 valence electrons. The molecule has 0 bridgehead atoms. The Morgan fingerprint density at radius 3 is 0.500 bits per heavy atom. The highest BCUT2D eigenvalue weighted by Gasteiger charge is 2.15. The van der Waals surface area contributed by atoms with E-state index in [4.69, 9.17) is 0 Å². The minimum Gasteiger partial charge on any atom is -0.208 e. The van der Waals surface area contributed by atoms with E-state index in [9.17, 15) is 17.6 Å². The zero-order valence-electron chi connectivity index (χ0n) is 27.1. The van der Waals surface area contributed by atoms with Gasteiger partial charge in [0.2, 0.25) is 0 Å². The van der Waals surface area contributed by atoms with Crippen LogP contribution >= 0.6 is 0 Å². The lowest BCUT2D eigenvalue weighted by atomic mass is 10.0. The Kier molecular flexibility index (Phi) is 8.54. The summed E-state index contributed by atoms with van der Waals surface area (Å²) in [7, 11) is 0. The summed E-state index contributed by atoms with van der Waals surface area (Å²) in [5.74, 6) is 0.714. The molecule has 0 saturated heterocycles. The van der Waals surface area contributed by atoms with Gasteiger partial charge < -0.3 is 0 Å². The Morgan fingerprint density at radius 2 is 0.327 bits per heavy atom. The van der Waals surface area contributed by atoms with Crippen LogP contribution in [-0.4, -0.2) is 29.9 Å². The molecule has 8 aromatic rings. The van der Waals surface area contributed by atoms with Crippen molar-refractivity contribution in [3.63, 3.8) is 0 Å². The van der Waals surface area contributed by atoms with E-state index in [0.29, 0.717) is 57.2 Å². The Hall–Kier alpha value is -6.94. The lowest BCUT2D eigenvalue weighted by molar-refractivity contribution is 0.627. The van der Waals surface area contributed by atoms with Gasteiger partial charge >= 0.3 is 0 Å². The minimum atomic E-state index is -0.377. The van der Waals surface area contributed by atoms with Crippen LogP contribution in [0.1, 0.15) is 0 Å². The molecule has 2 aromatic heterocycles. The zero-order chi connectivity index (χ0) is 35.6. The fourth-order valence-electron chi connectivity index (χ4n) is 5.55. The van der Waals surface area contributed by atoms with Gasteiger partial charge in [-0.3, -0.25) is 0 Å². The van der Waals surface area contributed by atoms with E-state index in [1.54, 1.807) is 48.5 Å². The molecule has 0 aliphatic rings. The summed E-state index contributed by atoms with van der Waals surface area (Å²) in [6.07, 6.45) is 0. The monoisotopic (exact) mass is 688 g/mol. The highest BCUT2D eigenvalue weighted by Crippen LogP contribution is 2.30. The number of nitrogens with zero attached hydrogens (tertiary/aromatic N) is 6. The number of aromatic nitrogens is 6. The minimum absolute atomic E-state index is 0.354. The predicted molar refractivity (Wildman–Crippen MR) is 191 cm³/mol. The van der Waals surface area contributed by atoms with Gasteiger partial charge in [-0.25, -0.2) is 47.5 Å². The maximum absolute atomic E-state index is 13.7. The third-order valence-corrected chi connectivity index (χ3v) is 8.30. The van der Waals surface area contributed by atoms with E-state index in [2.05, 4.69) is 29.9 Å². The maximum atomic E-state index is 13.7. The topological polar surface area (TPSA) is 77.3 Å². The average Bonchev–Trinajstić information content (AvgIpc) is 3.19. The molecule has 10 heteroatoms. The Morgan fingerprint density at radius 1 is 0.192 bits per heavy atom. The summed E-state index contributed by atoms with van der Waals surface area (Å²) in [4.78, 5) is 27.9. The van der Waals surface area contributed by atoms with E-state index in [1.807, 2.05) is 48.5 Å². The van der Waals surface area contributed by atoms with Gasteiger partial charge in [-0.15, -0.1) is 0 Å². The van der Waals surface area contributed by atoms with E-state index in [-0.39, 0.29) is 23.3 Å². The van der Waals surface area contributed by atoms with Crippen LogP contribution in [0.5, 0.6) is 0 Å². The van der Waals surface area contributed by atoms with E-state index < -0.39 is 0 Å². The maximum Gasteiger partial charge on any atom is 0.164 e. The standard InChI is InChI=1S/C42H24F4N6/c43-33-17-9-29(10-18-33)39-47-37(48-40(51-39)30-11-19-34(44)20-12-30)27-5-1-25(2-6-27)26-3-7-28(8-4-26)38-49-41(31-13-21-35(45)22-14-31)52-42(50-38)32-15-23-36(46)24-16-32/h1-24H. The number of halogens is 4. The highest BCUT2D eigenvalue weighted by atomic mass is 19.1. The second kappa shape index (κ2) is 13.8. The first-order valence-corrected chi connectivity index (χ1v) is 16.1. The summed E-state index contributed by atoms with van der Waals surface area (Å²) in [5.41, 5.74) is 5.74. The SMILES string of the molecule is Fc1ccc(-c2nc(-c3ccc(F)cc3)nc(-c3ccc(-c4ccc(-c5nc(-c6ccc(F)cc6)nc(-c6ccc(F)cc6)n5)cc4)cc3)n2)cc1. The van der Waals surface area contributed by atoms with Crippen LogP contribution in [-0.2, 0) is 0 Å². The molecule has 0 saturated carbocycles. The molecule has 0 N–H and O–H groups in total.